The lowest BCUT2D eigenvalue weighted by Gasteiger charge is -2.00. The first-order valence-corrected chi connectivity index (χ1v) is 8.56. The molecule has 20 heavy (non-hydrogen) atoms. The van der Waals surface area contributed by atoms with E-state index in [2.05, 4.69) is 34.3 Å². The minimum atomic E-state index is -0.0471. The van der Waals surface area contributed by atoms with Gasteiger partial charge in [0.15, 0.2) is 0 Å². The predicted octanol–water partition coefficient (Wildman–Crippen LogP) is 3.84. The fourth-order valence-electron chi connectivity index (χ4n) is 1.71. The van der Waals surface area contributed by atoms with Crippen LogP contribution in [0.3, 0.4) is 0 Å². The van der Waals surface area contributed by atoms with Crippen LogP contribution in [-0.4, -0.2) is 18.7 Å². The molecular formula is C16H17NOS2. The van der Waals surface area contributed by atoms with Gasteiger partial charge >= 0.3 is 0 Å². The molecular weight excluding hydrogens is 286 g/mol. The van der Waals surface area contributed by atoms with Gasteiger partial charge in [-0.2, -0.15) is 11.3 Å². The maximum Gasteiger partial charge on any atom is 0.244 e. The van der Waals surface area contributed by atoms with Crippen molar-refractivity contribution in [3.05, 3.63) is 58.3 Å². The number of nitrogens with one attached hydrogen (secondary N) is 1. The van der Waals surface area contributed by atoms with E-state index < -0.39 is 0 Å². The second kappa shape index (κ2) is 7.92. The van der Waals surface area contributed by atoms with Crippen molar-refractivity contribution in [3.8, 4) is 0 Å². The zero-order valence-electron chi connectivity index (χ0n) is 11.3. The van der Waals surface area contributed by atoms with Crippen molar-refractivity contribution >= 4 is 35.1 Å². The highest BCUT2D eigenvalue weighted by atomic mass is 32.2. The lowest BCUT2D eigenvalue weighted by atomic mass is 10.2. The summed E-state index contributed by atoms with van der Waals surface area (Å²) in [6.45, 7) is 0.672. The van der Waals surface area contributed by atoms with Crippen LogP contribution in [0.1, 0.15) is 11.1 Å². The van der Waals surface area contributed by atoms with Crippen LogP contribution >= 0.6 is 23.1 Å². The Morgan fingerprint density at radius 2 is 2.10 bits per heavy atom. The molecule has 1 aromatic carbocycles. The van der Waals surface area contributed by atoms with Gasteiger partial charge in [-0.25, -0.2) is 0 Å². The van der Waals surface area contributed by atoms with Gasteiger partial charge in [0.2, 0.25) is 5.91 Å². The lowest BCUT2D eigenvalue weighted by molar-refractivity contribution is -0.116. The molecule has 4 heteroatoms. The summed E-state index contributed by atoms with van der Waals surface area (Å²) in [7, 11) is 0. The van der Waals surface area contributed by atoms with E-state index in [1.165, 1.54) is 10.5 Å². The Bertz CT molecular complexity index is 559. The Balaban J connectivity index is 1.76. The Hall–Kier alpha value is -1.52. The molecule has 0 saturated carbocycles. The Kier molecular flexibility index (Phi) is 5.89. The van der Waals surface area contributed by atoms with Crippen molar-refractivity contribution in [3.63, 3.8) is 0 Å². The molecule has 0 atom stereocenters. The Morgan fingerprint density at radius 1 is 1.30 bits per heavy atom. The van der Waals surface area contributed by atoms with Gasteiger partial charge in [-0.05, 0) is 58.8 Å². The van der Waals surface area contributed by atoms with Crippen molar-refractivity contribution in [2.75, 3.05) is 12.8 Å². The average Bonchev–Trinajstić information content (AvgIpc) is 2.99. The van der Waals surface area contributed by atoms with Gasteiger partial charge in [-0.1, -0.05) is 12.1 Å². The minimum Gasteiger partial charge on any atom is -0.352 e. The molecule has 0 unspecified atom stereocenters. The highest BCUT2D eigenvalue weighted by Crippen LogP contribution is 2.15. The zero-order valence-corrected chi connectivity index (χ0v) is 13.0. The van der Waals surface area contributed by atoms with Crippen molar-refractivity contribution in [2.24, 2.45) is 0 Å². The van der Waals surface area contributed by atoms with Crippen LogP contribution in [0.25, 0.3) is 6.08 Å². The lowest BCUT2D eigenvalue weighted by Crippen LogP contribution is -2.23. The summed E-state index contributed by atoms with van der Waals surface area (Å²) in [5.74, 6) is -0.0471. The van der Waals surface area contributed by atoms with E-state index in [0.29, 0.717) is 6.54 Å². The summed E-state index contributed by atoms with van der Waals surface area (Å²) in [5, 5.41) is 7.05. The minimum absolute atomic E-state index is 0.0471. The van der Waals surface area contributed by atoms with E-state index in [4.69, 9.17) is 0 Å². The van der Waals surface area contributed by atoms with Crippen molar-refractivity contribution in [1.29, 1.82) is 0 Å². The Morgan fingerprint density at radius 3 is 2.75 bits per heavy atom. The van der Waals surface area contributed by atoms with Crippen LogP contribution in [0, 0.1) is 0 Å². The number of thiophene rings is 1. The fraction of sp³-hybridized carbons (Fsp3) is 0.188. The fourth-order valence-corrected chi connectivity index (χ4v) is 2.82. The highest BCUT2D eigenvalue weighted by molar-refractivity contribution is 7.98. The first kappa shape index (κ1) is 14.9. The van der Waals surface area contributed by atoms with Crippen molar-refractivity contribution in [2.45, 2.75) is 11.3 Å². The monoisotopic (exact) mass is 303 g/mol. The zero-order chi connectivity index (χ0) is 14.2. The number of benzene rings is 1. The third kappa shape index (κ3) is 4.87. The molecule has 1 amide bonds. The van der Waals surface area contributed by atoms with E-state index >= 15 is 0 Å². The molecule has 104 valence electrons. The number of hydrogen-bond acceptors (Lipinski definition) is 3. The van der Waals surface area contributed by atoms with Crippen LogP contribution in [0.4, 0.5) is 0 Å². The molecule has 0 aliphatic rings. The van der Waals surface area contributed by atoms with E-state index in [9.17, 15) is 4.79 Å². The first-order chi connectivity index (χ1) is 9.78. The van der Waals surface area contributed by atoms with Gasteiger partial charge in [0.05, 0.1) is 0 Å². The summed E-state index contributed by atoms with van der Waals surface area (Å²) < 4.78 is 0. The molecule has 0 saturated heterocycles. The number of amides is 1. The van der Waals surface area contributed by atoms with Gasteiger partial charge < -0.3 is 5.32 Å². The summed E-state index contributed by atoms with van der Waals surface area (Å²) in [4.78, 5) is 12.9. The molecule has 1 aromatic heterocycles. The molecule has 0 bridgehead atoms. The molecule has 2 rings (SSSR count). The van der Waals surface area contributed by atoms with Crippen LogP contribution in [0.5, 0.6) is 0 Å². The quantitative estimate of drug-likeness (QED) is 0.649. The molecule has 2 aromatic rings. The SMILES string of the molecule is CSc1ccc(C=CC(=O)NCCc2ccsc2)cc1. The normalized spacial score (nSPS) is 10.8. The maximum atomic E-state index is 11.7. The number of carbonyl (C=O) groups excluding carboxylic acids is 1. The molecule has 2 nitrogen and oxygen atoms in total. The standard InChI is InChI=1S/C16H17NOS2/c1-19-15-5-2-13(3-6-15)4-7-16(18)17-10-8-14-9-11-20-12-14/h2-7,9,11-12H,8,10H2,1H3,(H,17,18). The highest BCUT2D eigenvalue weighted by Gasteiger charge is 1.97. The van der Waals surface area contributed by atoms with Gasteiger partial charge in [-0.3, -0.25) is 4.79 Å². The molecule has 1 N–H and O–H groups in total. The Labute approximate surface area is 127 Å². The smallest absolute Gasteiger partial charge is 0.244 e. The summed E-state index contributed by atoms with van der Waals surface area (Å²) in [6, 6.07) is 10.2. The molecule has 0 radical (unpaired) electrons. The van der Waals surface area contributed by atoms with E-state index in [1.54, 1.807) is 29.2 Å². The number of carbonyl (C=O) groups is 1. The second-order valence-corrected chi connectivity index (χ2v) is 5.94. The van der Waals surface area contributed by atoms with Gasteiger partial charge in [0, 0.05) is 17.5 Å². The van der Waals surface area contributed by atoms with E-state index in [0.717, 1.165) is 12.0 Å². The second-order valence-electron chi connectivity index (χ2n) is 4.28. The van der Waals surface area contributed by atoms with Crippen LogP contribution in [-0.2, 0) is 11.2 Å². The van der Waals surface area contributed by atoms with E-state index in [1.807, 2.05) is 24.5 Å². The van der Waals surface area contributed by atoms with Crippen LogP contribution < -0.4 is 5.32 Å². The van der Waals surface area contributed by atoms with Gasteiger partial charge in [-0.15, -0.1) is 11.8 Å². The van der Waals surface area contributed by atoms with Crippen LogP contribution in [0.2, 0.25) is 0 Å². The number of thioether (sulfide) groups is 1. The maximum absolute atomic E-state index is 11.7. The third-order valence-corrected chi connectivity index (χ3v) is 4.31. The van der Waals surface area contributed by atoms with E-state index in [-0.39, 0.29) is 5.91 Å². The summed E-state index contributed by atoms with van der Waals surface area (Å²) in [5.41, 5.74) is 2.31. The van der Waals surface area contributed by atoms with Gasteiger partial charge in [0.25, 0.3) is 0 Å². The van der Waals surface area contributed by atoms with Crippen LogP contribution in [0.15, 0.2) is 52.1 Å². The summed E-state index contributed by atoms with van der Waals surface area (Å²) in [6.07, 6.45) is 6.35. The molecule has 0 fully saturated rings. The van der Waals surface area contributed by atoms with Crippen molar-refractivity contribution in [1.82, 2.24) is 5.32 Å². The molecule has 1 heterocycles. The average molecular weight is 303 g/mol. The third-order valence-electron chi connectivity index (χ3n) is 2.84. The molecule has 0 aliphatic carbocycles. The summed E-state index contributed by atoms with van der Waals surface area (Å²) >= 11 is 3.39. The predicted molar refractivity (Wildman–Crippen MR) is 88.3 cm³/mol. The topological polar surface area (TPSA) is 29.1 Å². The molecule has 0 spiro atoms. The van der Waals surface area contributed by atoms with Gasteiger partial charge in [0.1, 0.15) is 0 Å². The largest absolute Gasteiger partial charge is 0.352 e. The number of hydrogen-bond donors (Lipinski definition) is 1. The number of rotatable bonds is 6. The van der Waals surface area contributed by atoms with Crippen molar-refractivity contribution < 1.29 is 4.79 Å². The first-order valence-electron chi connectivity index (χ1n) is 6.39. The molecule has 0 aliphatic heterocycles.